The quantitative estimate of drug-likeness (QED) is 0.434. The van der Waals surface area contributed by atoms with Gasteiger partial charge in [0.25, 0.3) is 5.56 Å². The summed E-state index contributed by atoms with van der Waals surface area (Å²) >= 11 is 1.21. The molecular formula is C19H19N3O5S. The lowest BCUT2D eigenvalue weighted by Gasteiger charge is -2.26. The van der Waals surface area contributed by atoms with Gasteiger partial charge in [-0.3, -0.25) is 9.59 Å². The van der Waals surface area contributed by atoms with Crippen LogP contribution < -0.4 is 25.1 Å². The minimum atomic E-state index is -0.554. The van der Waals surface area contributed by atoms with E-state index in [1.165, 1.54) is 33.1 Å². The summed E-state index contributed by atoms with van der Waals surface area (Å²) in [6.07, 6.45) is 5.33. The van der Waals surface area contributed by atoms with E-state index in [1.807, 2.05) is 0 Å². The zero-order valence-electron chi connectivity index (χ0n) is 15.6. The molecule has 1 unspecified atom stereocenters. The summed E-state index contributed by atoms with van der Waals surface area (Å²) in [5, 5.41) is 3.02. The molecule has 0 spiro atoms. The fraction of sp³-hybridized carbons (Fsp3) is 0.316. The Morgan fingerprint density at radius 1 is 1.21 bits per heavy atom. The minimum Gasteiger partial charge on any atom is -0.493 e. The van der Waals surface area contributed by atoms with Crippen molar-refractivity contribution in [1.82, 2.24) is 9.97 Å². The number of ether oxygens (including phenoxy) is 3. The second-order valence-corrected chi connectivity index (χ2v) is 6.82. The van der Waals surface area contributed by atoms with E-state index in [0.29, 0.717) is 39.3 Å². The number of fused-ring (bicyclic) bond motifs is 1. The molecule has 146 valence electrons. The summed E-state index contributed by atoms with van der Waals surface area (Å²) in [5.41, 5.74) is 0.647. The third-order valence-corrected chi connectivity index (χ3v) is 5.11. The van der Waals surface area contributed by atoms with Crippen molar-refractivity contribution < 1.29 is 19.0 Å². The molecule has 0 saturated heterocycles. The summed E-state index contributed by atoms with van der Waals surface area (Å²) < 4.78 is 16.3. The number of methoxy groups -OCH3 is 3. The highest BCUT2D eigenvalue weighted by atomic mass is 32.2. The SMILES string of the molecule is C#CCSc1nc2c(c(=O)[nH]1)C(c1ccc(OC)c(OC)c1OC)CC(=O)N2. The Morgan fingerprint density at radius 2 is 1.96 bits per heavy atom. The van der Waals surface area contributed by atoms with Crippen molar-refractivity contribution in [3.63, 3.8) is 0 Å². The zero-order valence-corrected chi connectivity index (χ0v) is 16.4. The zero-order chi connectivity index (χ0) is 20.3. The van der Waals surface area contributed by atoms with Gasteiger partial charge in [0.1, 0.15) is 5.82 Å². The van der Waals surface area contributed by atoms with E-state index in [2.05, 4.69) is 21.2 Å². The van der Waals surface area contributed by atoms with Gasteiger partial charge in [-0.2, -0.15) is 0 Å². The Labute approximate surface area is 166 Å². The predicted molar refractivity (Wildman–Crippen MR) is 106 cm³/mol. The topological polar surface area (TPSA) is 103 Å². The van der Waals surface area contributed by atoms with E-state index in [9.17, 15) is 9.59 Å². The molecule has 1 atom stereocenters. The lowest BCUT2D eigenvalue weighted by atomic mass is 9.86. The van der Waals surface area contributed by atoms with Crippen molar-refractivity contribution in [3.05, 3.63) is 33.6 Å². The number of carbonyl (C=O) groups is 1. The highest BCUT2D eigenvalue weighted by molar-refractivity contribution is 7.99. The Morgan fingerprint density at radius 3 is 2.61 bits per heavy atom. The Bertz CT molecular complexity index is 1010. The highest BCUT2D eigenvalue weighted by Crippen LogP contribution is 2.46. The average Bonchev–Trinajstić information content (AvgIpc) is 2.69. The molecule has 8 nitrogen and oxygen atoms in total. The second-order valence-electron chi connectivity index (χ2n) is 5.85. The Balaban J connectivity index is 2.17. The summed E-state index contributed by atoms with van der Waals surface area (Å²) in [7, 11) is 4.51. The predicted octanol–water partition coefficient (Wildman–Crippen LogP) is 2.00. The number of aromatic nitrogens is 2. The monoisotopic (exact) mass is 401 g/mol. The van der Waals surface area contributed by atoms with Gasteiger partial charge in [0.15, 0.2) is 16.7 Å². The standard InChI is InChI=1S/C19H19N3O5S/c1-5-8-28-19-21-17-14(18(24)22-19)11(9-13(23)20-17)10-6-7-12(25-2)16(27-4)15(10)26-3/h1,6-7,11H,8-9H2,2-4H3,(H2,20,21,22,23,24). The van der Waals surface area contributed by atoms with Crippen molar-refractivity contribution in [3.8, 4) is 29.6 Å². The molecular weight excluding hydrogens is 382 g/mol. The summed E-state index contributed by atoms with van der Waals surface area (Å²) in [6.45, 7) is 0. The molecule has 0 radical (unpaired) electrons. The van der Waals surface area contributed by atoms with E-state index >= 15 is 0 Å². The van der Waals surface area contributed by atoms with Crippen molar-refractivity contribution in [2.75, 3.05) is 32.4 Å². The smallest absolute Gasteiger partial charge is 0.257 e. The van der Waals surface area contributed by atoms with Gasteiger partial charge in [-0.1, -0.05) is 23.7 Å². The molecule has 28 heavy (non-hydrogen) atoms. The molecule has 9 heteroatoms. The van der Waals surface area contributed by atoms with Gasteiger partial charge < -0.3 is 24.5 Å². The fourth-order valence-corrected chi connectivity index (χ4v) is 3.73. The van der Waals surface area contributed by atoms with Crippen molar-refractivity contribution >= 4 is 23.5 Å². The first-order valence-electron chi connectivity index (χ1n) is 8.33. The van der Waals surface area contributed by atoms with Gasteiger partial charge in [-0.05, 0) is 6.07 Å². The average molecular weight is 401 g/mol. The number of benzene rings is 1. The first kappa shape index (κ1) is 19.6. The fourth-order valence-electron chi connectivity index (χ4n) is 3.19. The van der Waals surface area contributed by atoms with Gasteiger partial charge in [0.2, 0.25) is 11.7 Å². The van der Waals surface area contributed by atoms with E-state index in [1.54, 1.807) is 12.1 Å². The number of thioether (sulfide) groups is 1. The van der Waals surface area contributed by atoms with E-state index in [0.717, 1.165) is 0 Å². The van der Waals surface area contributed by atoms with Crippen LogP contribution in [-0.4, -0.2) is 43.0 Å². The number of terminal acetylenes is 1. The van der Waals surface area contributed by atoms with Crippen LogP contribution in [0.25, 0.3) is 0 Å². The lowest BCUT2D eigenvalue weighted by Crippen LogP contribution is -2.31. The third-order valence-electron chi connectivity index (χ3n) is 4.33. The number of rotatable bonds is 6. The number of amides is 1. The minimum absolute atomic E-state index is 0.0699. The summed E-state index contributed by atoms with van der Waals surface area (Å²) in [4.78, 5) is 32.2. The number of nitrogens with zero attached hydrogens (tertiary/aromatic N) is 1. The van der Waals surface area contributed by atoms with Crippen LogP contribution in [0.4, 0.5) is 5.82 Å². The van der Waals surface area contributed by atoms with Crippen LogP contribution in [0.15, 0.2) is 22.1 Å². The molecule has 0 aliphatic carbocycles. The largest absolute Gasteiger partial charge is 0.493 e. The molecule has 0 fully saturated rings. The van der Waals surface area contributed by atoms with Crippen LogP contribution in [0.2, 0.25) is 0 Å². The normalized spacial score (nSPS) is 15.2. The van der Waals surface area contributed by atoms with Crippen LogP contribution >= 0.6 is 11.8 Å². The van der Waals surface area contributed by atoms with Crippen LogP contribution in [0, 0.1) is 12.3 Å². The van der Waals surface area contributed by atoms with Crippen LogP contribution in [0.5, 0.6) is 17.2 Å². The molecule has 1 aromatic carbocycles. The second kappa shape index (κ2) is 8.27. The summed E-state index contributed by atoms with van der Waals surface area (Å²) in [6, 6.07) is 3.47. The number of hydrogen-bond donors (Lipinski definition) is 2. The third kappa shape index (κ3) is 3.51. The molecule has 1 aliphatic heterocycles. The molecule has 0 saturated carbocycles. The maximum Gasteiger partial charge on any atom is 0.257 e. The van der Waals surface area contributed by atoms with E-state index in [-0.39, 0.29) is 23.7 Å². The molecule has 1 aromatic heterocycles. The molecule has 1 amide bonds. The number of carbonyl (C=O) groups excluding carboxylic acids is 1. The van der Waals surface area contributed by atoms with Crippen molar-refractivity contribution in [2.45, 2.75) is 17.5 Å². The molecule has 2 heterocycles. The molecule has 2 N–H and O–H groups in total. The van der Waals surface area contributed by atoms with Gasteiger partial charge in [-0.15, -0.1) is 6.42 Å². The van der Waals surface area contributed by atoms with E-state index in [4.69, 9.17) is 20.6 Å². The molecule has 1 aliphatic rings. The highest BCUT2D eigenvalue weighted by Gasteiger charge is 2.34. The Kier molecular flexibility index (Phi) is 5.80. The van der Waals surface area contributed by atoms with Gasteiger partial charge in [0.05, 0.1) is 32.6 Å². The van der Waals surface area contributed by atoms with Crippen molar-refractivity contribution in [1.29, 1.82) is 0 Å². The van der Waals surface area contributed by atoms with Gasteiger partial charge in [-0.25, -0.2) is 4.98 Å². The van der Waals surface area contributed by atoms with Crippen LogP contribution in [0.3, 0.4) is 0 Å². The van der Waals surface area contributed by atoms with Crippen LogP contribution in [0.1, 0.15) is 23.5 Å². The summed E-state index contributed by atoms with van der Waals surface area (Å²) in [5.74, 6) is 3.51. The van der Waals surface area contributed by atoms with Gasteiger partial charge >= 0.3 is 0 Å². The maximum absolute atomic E-state index is 12.8. The molecule has 3 rings (SSSR count). The molecule has 2 aromatic rings. The van der Waals surface area contributed by atoms with Crippen molar-refractivity contribution in [2.24, 2.45) is 0 Å². The van der Waals surface area contributed by atoms with E-state index < -0.39 is 5.92 Å². The maximum atomic E-state index is 12.8. The number of hydrogen-bond acceptors (Lipinski definition) is 7. The van der Waals surface area contributed by atoms with Crippen LogP contribution in [-0.2, 0) is 4.79 Å². The number of nitrogens with one attached hydrogen (secondary N) is 2. The first-order valence-corrected chi connectivity index (χ1v) is 9.31. The lowest BCUT2D eigenvalue weighted by molar-refractivity contribution is -0.116. The Hall–Kier alpha value is -3.12. The first-order chi connectivity index (χ1) is 13.5. The number of H-pyrrole nitrogens is 1. The number of anilines is 1. The molecule has 0 bridgehead atoms. The van der Waals surface area contributed by atoms with Gasteiger partial charge in [0, 0.05) is 17.9 Å². The number of aromatic amines is 1.